The number of anilines is 2. The van der Waals surface area contributed by atoms with E-state index in [-0.39, 0.29) is 11.2 Å². The second-order valence-corrected chi connectivity index (χ2v) is 9.97. The van der Waals surface area contributed by atoms with E-state index in [1.54, 1.807) is 18.0 Å². The molecule has 1 aromatic heterocycles. The Morgan fingerprint density at radius 1 is 0.939 bits per heavy atom. The van der Waals surface area contributed by atoms with Crippen LogP contribution in [-0.4, -0.2) is 26.3 Å². The van der Waals surface area contributed by atoms with Gasteiger partial charge in [0.15, 0.2) is 0 Å². The van der Waals surface area contributed by atoms with Crippen LogP contribution in [0.4, 0.5) is 11.4 Å². The zero-order valence-electron chi connectivity index (χ0n) is 18.3. The molecule has 1 unspecified atom stereocenters. The fourth-order valence-corrected chi connectivity index (χ4v) is 5.58. The number of nitrogens with zero attached hydrogens (tertiary/aromatic N) is 4. The molecule has 1 aliphatic heterocycles. The lowest BCUT2D eigenvalue weighted by Gasteiger charge is -2.33. The van der Waals surface area contributed by atoms with E-state index < -0.39 is 0 Å². The lowest BCUT2D eigenvalue weighted by Crippen LogP contribution is -2.35. The molecule has 1 amide bonds. The average Bonchev–Trinajstić information content (AvgIpc) is 2.86. The van der Waals surface area contributed by atoms with Crippen LogP contribution in [0.5, 0.6) is 0 Å². The molecule has 0 aliphatic carbocycles. The Kier molecular flexibility index (Phi) is 6.15. The largest absolute Gasteiger partial charge is 0.278 e. The normalized spacial score (nSPS) is 13.2. The molecular weight excluding hydrogens is 448 g/mol. The molecule has 1 atom stereocenters. The predicted octanol–water partition coefficient (Wildman–Crippen LogP) is 6.55. The van der Waals surface area contributed by atoms with E-state index in [0.717, 1.165) is 32.4 Å². The highest BCUT2D eigenvalue weighted by atomic mass is 32.2. The lowest BCUT2D eigenvalue weighted by molar-refractivity contribution is -0.117. The molecule has 0 bridgehead atoms. The van der Waals surface area contributed by atoms with Gasteiger partial charge in [-0.15, -0.1) is 10.2 Å². The molecule has 5 nitrogen and oxygen atoms in total. The monoisotopic (exact) mass is 470 g/mol. The van der Waals surface area contributed by atoms with Gasteiger partial charge in [-0.25, -0.2) is 4.98 Å². The molecule has 33 heavy (non-hydrogen) atoms. The topological polar surface area (TPSA) is 59.0 Å². The molecule has 0 saturated heterocycles. The van der Waals surface area contributed by atoms with Crippen molar-refractivity contribution in [3.63, 3.8) is 0 Å². The van der Waals surface area contributed by atoms with Gasteiger partial charge in [0.1, 0.15) is 5.69 Å². The summed E-state index contributed by atoms with van der Waals surface area (Å²) in [5.74, 6) is 0.0221. The van der Waals surface area contributed by atoms with Gasteiger partial charge in [-0.05, 0) is 37.6 Å². The number of thioether (sulfide) groups is 1. The van der Waals surface area contributed by atoms with Crippen molar-refractivity contribution in [3.05, 3.63) is 84.6 Å². The maximum atomic E-state index is 13.8. The summed E-state index contributed by atoms with van der Waals surface area (Å²) in [7, 11) is 0. The average molecular weight is 471 g/mol. The summed E-state index contributed by atoms with van der Waals surface area (Å²) in [6.45, 7) is 4.06. The summed E-state index contributed by atoms with van der Waals surface area (Å²) in [4.78, 5) is 22.3. The van der Waals surface area contributed by atoms with Crippen molar-refractivity contribution in [3.8, 4) is 11.3 Å². The highest BCUT2D eigenvalue weighted by molar-refractivity contribution is 8.00. The first-order valence-electron chi connectivity index (χ1n) is 10.8. The van der Waals surface area contributed by atoms with Crippen LogP contribution in [0.2, 0.25) is 0 Å². The number of benzene rings is 3. The SMILES string of the molecule is CCC(Sc1ncc(-c2ccc(C)cc2)nn1)C(=O)N1c2ccccc2Sc2ccccc21. The number of hydrogen-bond donors (Lipinski definition) is 0. The molecule has 5 rings (SSSR count). The second-order valence-electron chi connectivity index (χ2n) is 7.72. The Hall–Kier alpha value is -3.16. The number of carbonyl (C=O) groups excluding carboxylic acids is 1. The fourth-order valence-electron chi connectivity index (χ4n) is 3.70. The van der Waals surface area contributed by atoms with Gasteiger partial charge in [-0.2, -0.15) is 0 Å². The van der Waals surface area contributed by atoms with E-state index in [4.69, 9.17) is 0 Å². The highest BCUT2D eigenvalue weighted by Crippen LogP contribution is 2.48. The van der Waals surface area contributed by atoms with E-state index >= 15 is 0 Å². The van der Waals surface area contributed by atoms with Crippen molar-refractivity contribution in [2.24, 2.45) is 0 Å². The van der Waals surface area contributed by atoms with E-state index in [1.165, 1.54) is 17.3 Å². The van der Waals surface area contributed by atoms with Crippen LogP contribution >= 0.6 is 23.5 Å². The number of amides is 1. The van der Waals surface area contributed by atoms with Gasteiger partial charge in [0, 0.05) is 15.4 Å². The van der Waals surface area contributed by atoms with Gasteiger partial charge < -0.3 is 0 Å². The van der Waals surface area contributed by atoms with Gasteiger partial charge in [0.25, 0.3) is 0 Å². The molecule has 3 aromatic carbocycles. The van der Waals surface area contributed by atoms with Crippen LogP contribution in [0.25, 0.3) is 11.3 Å². The summed E-state index contributed by atoms with van der Waals surface area (Å²) in [5.41, 5.74) is 4.71. The van der Waals surface area contributed by atoms with Gasteiger partial charge in [0.2, 0.25) is 11.1 Å². The van der Waals surface area contributed by atoms with E-state index in [2.05, 4.69) is 27.3 Å². The summed E-state index contributed by atoms with van der Waals surface area (Å²) < 4.78 is 0. The van der Waals surface area contributed by atoms with Crippen LogP contribution in [0.15, 0.2) is 93.9 Å². The summed E-state index contributed by atoms with van der Waals surface area (Å²) >= 11 is 3.06. The number of para-hydroxylation sites is 2. The number of aromatic nitrogens is 3. The second kappa shape index (κ2) is 9.37. The van der Waals surface area contributed by atoms with Crippen LogP contribution in [-0.2, 0) is 4.79 Å². The Balaban J connectivity index is 1.41. The predicted molar refractivity (Wildman–Crippen MR) is 134 cm³/mol. The third kappa shape index (κ3) is 4.38. The van der Waals surface area contributed by atoms with Crippen molar-refractivity contribution in [2.45, 2.75) is 40.5 Å². The standard InChI is InChI=1S/C26H22N4OS2/c1-3-22(33-26-27-16-19(28-29-26)18-14-12-17(2)13-15-18)25(31)30-20-8-4-6-10-23(20)32-24-11-7-5-9-21(24)30/h4-16,22H,3H2,1-2H3. The molecule has 0 N–H and O–H groups in total. The molecule has 7 heteroatoms. The summed E-state index contributed by atoms with van der Waals surface area (Å²) in [6, 6.07) is 24.2. The quantitative estimate of drug-likeness (QED) is 0.308. The van der Waals surface area contributed by atoms with Gasteiger partial charge in [0.05, 0.1) is 22.8 Å². The molecule has 1 aliphatic rings. The summed E-state index contributed by atoms with van der Waals surface area (Å²) in [6.07, 6.45) is 2.37. The number of rotatable bonds is 5. The number of fused-ring (bicyclic) bond motifs is 2. The van der Waals surface area contributed by atoms with Gasteiger partial charge in [-0.3, -0.25) is 9.69 Å². The Morgan fingerprint density at radius 2 is 1.58 bits per heavy atom. The molecule has 0 spiro atoms. The van der Waals surface area contributed by atoms with E-state index in [9.17, 15) is 4.79 Å². The molecule has 0 radical (unpaired) electrons. The molecular formula is C26H22N4OS2. The van der Waals surface area contributed by atoms with Crippen molar-refractivity contribution in [1.82, 2.24) is 15.2 Å². The first kappa shape index (κ1) is 21.7. The van der Waals surface area contributed by atoms with Gasteiger partial charge in [-0.1, -0.05) is 84.5 Å². The van der Waals surface area contributed by atoms with Crippen LogP contribution in [0, 0.1) is 6.92 Å². The molecule has 0 saturated carbocycles. The van der Waals surface area contributed by atoms with Crippen molar-refractivity contribution in [1.29, 1.82) is 0 Å². The molecule has 4 aromatic rings. The number of hydrogen-bond acceptors (Lipinski definition) is 6. The maximum absolute atomic E-state index is 13.8. The Bertz CT molecular complexity index is 1250. The van der Waals surface area contributed by atoms with E-state index in [0.29, 0.717) is 11.6 Å². The maximum Gasteiger partial charge on any atom is 0.245 e. The zero-order chi connectivity index (χ0) is 22.8. The molecule has 0 fully saturated rings. The Labute approximate surface area is 201 Å². The first-order chi connectivity index (χ1) is 16.1. The molecule has 2 heterocycles. The van der Waals surface area contributed by atoms with Crippen LogP contribution in [0.3, 0.4) is 0 Å². The van der Waals surface area contributed by atoms with Crippen LogP contribution in [0.1, 0.15) is 18.9 Å². The van der Waals surface area contributed by atoms with Gasteiger partial charge >= 0.3 is 0 Å². The minimum Gasteiger partial charge on any atom is -0.278 e. The van der Waals surface area contributed by atoms with Crippen molar-refractivity contribution >= 4 is 40.8 Å². The smallest absolute Gasteiger partial charge is 0.245 e. The van der Waals surface area contributed by atoms with Crippen LogP contribution < -0.4 is 4.90 Å². The van der Waals surface area contributed by atoms with E-state index in [1.807, 2.05) is 79.4 Å². The number of aryl methyl sites for hydroxylation is 1. The third-order valence-electron chi connectivity index (χ3n) is 5.43. The first-order valence-corrected chi connectivity index (χ1v) is 12.5. The highest BCUT2D eigenvalue weighted by Gasteiger charge is 2.32. The summed E-state index contributed by atoms with van der Waals surface area (Å²) in [5, 5.41) is 8.82. The Morgan fingerprint density at radius 3 is 2.15 bits per heavy atom. The minimum absolute atomic E-state index is 0.0221. The fraction of sp³-hybridized carbons (Fsp3) is 0.154. The lowest BCUT2D eigenvalue weighted by atomic mass is 10.1. The van der Waals surface area contributed by atoms with Crippen molar-refractivity contribution < 1.29 is 4.79 Å². The molecule has 164 valence electrons. The zero-order valence-corrected chi connectivity index (χ0v) is 19.9. The number of carbonyl (C=O) groups is 1. The van der Waals surface area contributed by atoms with Crippen molar-refractivity contribution in [2.75, 3.05) is 4.90 Å². The minimum atomic E-state index is -0.332. The third-order valence-corrected chi connectivity index (χ3v) is 7.78.